The monoisotopic (exact) mass is 387 g/mol. The highest BCUT2D eigenvalue weighted by molar-refractivity contribution is 8.01. The first-order valence-corrected chi connectivity index (χ1v) is 9.89. The molecule has 2 aromatic heterocycles. The van der Waals surface area contributed by atoms with Gasteiger partial charge >= 0.3 is 0 Å². The smallest absolute Gasteiger partial charge is 0.248 e. The van der Waals surface area contributed by atoms with Crippen LogP contribution in [-0.2, 0) is 4.79 Å². The summed E-state index contributed by atoms with van der Waals surface area (Å²) in [5.74, 6) is 0.0342. The lowest BCUT2D eigenvalue weighted by atomic mass is 10.3. The first-order valence-electron chi connectivity index (χ1n) is 7.21. The van der Waals surface area contributed by atoms with E-state index in [4.69, 9.17) is 5.26 Å². The summed E-state index contributed by atoms with van der Waals surface area (Å²) in [7, 11) is 0. The number of carbonyl (C=O) groups is 1. The molecular formula is C16H13N5OS3. The number of benzene rings is 1. The second-order valence-corrected chi connectivity index (χ2v) is 8.00. The van der Waals surface area contributed by atoms with Gasteiger partial charge in [-0.15, -0.1) is 22.7 Å². The number of hydrazine groups is 1. The normalized spacial score (nSPS) is 11.3. The van der Waals surface area contributed by atoms with E-state index in [1.165, 1.54) is 29.3 Å². The Morgan fingerprint density at radius 3 is 2.96 bits per heavy atom. The average Bonchev–Trinajstić information content (AvgIpc) is 3.22. The van der Waals surface area contributed by atoms with E-state index in [1.54, 1.807) is 11.3 Å². The van der Waals surface area contributed by atoms with Crippen LogP contribution < -0.4 is 10.9 Å². The molecule has 126 valence electrons. The number of thioether (sulfide) groups is 1. The number of amides is 1. The molecule has 6 nitrogen and oxygen atoms in total. The maximum Gasteiger partial charge on any atom is 0.248 e. The van der Waals surface area contributed by atoms with Crippen LogP contribution in [0.15, 0.2) is 40.2 Å². The van der Waals surface area contributed by atoms with Crippen LogP contribution in [0.25, 0.3) is 15.8 Å². The van der Waals surface area contributed by atoms with Crippen LogP contribution in [0.3, 0.4) is 0 Å². The van der Waals surface area contributed by atoms with E-state index in [-0.39, 0.29) is 11.7 Å². The lowest BCUT2D eigenvalue weighted by molar-refractivity contribution is -0.119. The number of hydrogen-bond donors (Lipinski definition) is 2. The number of thiazole rings is 2. The van der Waals surface area contributed by atoms with Gasteiger partial charge in [0.1, 0.15) is 16.6 Å². The molecule has 0 aliphatic heterocycles. The van der Waals surface area contributed by atoms with Gasteiger partial charge in [0.2, 0.25) is 5.91 Å². The lowest BCUT2D eigenvalue weighted by Gasteiger charge is -2.03. The summed E-state index contributed by atoms with van der Waals surface area (Å²) >= 11 is 4.32. The van der Waals surface area contributed by atoms with Gasteiger partial charge in [0.25, 0.3) is 0 Å². The van der Waals surface area contributed by atoms with Crippen LogP contribution in [-0.4, -0.2) is 21.6 Å². The van der Waals surface area contributed by atoms with Crippen molar-refractivity contribution in [1.82, 2.24) is 20.8 Å². The van der Waals surface area contributed by atoms with Crippen molar-refractivity contribution < 1.29 is 4.79 Å². The molecule has 9 heteroatoms. The Kier molecular flexibility index (Phi) is 5.65. The Balaban J connectivity index is 1.50. The third kappa shape index (κ3) is 4.57. The SMILES string of the molecule is Cc1csc(/C(C#N)=C/NNC(=O)CSc2nc3ccccc3s2)n1. The van der Waals surface area contributed by atoms with Crippen molar-refractivity contribution in [1.29, 1.82) is 5.26 Å². The van der Waals surface area contributed by atoms with Gasteiger partial charge in [0, 0.05) is 17.3 Å². The number of hydrogen-bond acceptors (Lipinski definition) is 8. The predicted molar refractivity (Wildman–Crippen MR) is 102 cm³/mol. The molecule has 0 fully saturated rings. The molecule has 0 unspecified atom stereocenters. The van der Waals surface area contributed by atoms with Crippen molar-refractivity contribution in [2.75, 3.05) is 5.75 Å². The molecule has 2 N–H and O–H groups in total. The Morgan fingerprint density at radius 1 is 1.40 bits per heavy atom. The topological polar surface area (TPSA) is 90.7 Å². The van der Waals surface area contributed by atoms with Crippen LogP contribution in [0, 0.1) is 18.3 Å². The number of nitriles is 1. The van der Waals surface area contributed by atoms with Gasteiger partial charge in [-0.25, -0.2) is 9.97 Å². The molecule has 0 saturated carbocycles. The molecule has 0 radical (unpaired) electrons. The summed E-state index contributed by atoms with van der Waals surface area (Å²) in [6.07, 6.45) is 1.44. The van der Waals surface area contributed by atoms with Crippen molar-refractivity contribution in [3.05, 3.63) is 46.5 Å². The van der Waals surface area contributed by atoms with E-state index in [0.717, 1.165) is 20.3 Å². The first-order chi connectivity index (χ1) is 12.2. The standard InChI is InChI=1S/C16H13N5OS3/c1-10-8-23-15(19-10)11(6-17)7-18-21-14(22)9-24-16-20-12-4-2-3-5-13(12)25-16/h2-5,7-8,18H,9H2,1H3,(H,21,22)/b11-7+. The number of aromatic nitrogens is 2. The summed E-state index contributed by atoms with van der Waals surface area (Å²) in [5.41, 5.74) is 7.37. The van der Waals surface area contributed by atoms with Crippen LogP contribution in [0.5, 0.6) is 0 Å². The van der Waals surface area contributed by atoms with E-state index < -0.39 is 0 Å². The number of nitrogens with zero attached hydrogens (tertiary/aromatic N) is 3. The van der Waals surface area contributed by atoms with Gasteiger partial charge in [-0.3, -0.25) is 10.2 Å². The predicted octanol–water partition coefficient (Wildman–Crippen LogP) is 3.34. The number of para-hydroxylation sites is 1. The van der Waals surface area contributed by atoms with Crippen molar-refractivity contribution in [2.45, 2.75) is 11.3 Å². The number of aryl methyl sites for hydroxylation is 1. The highest BCUT2D eigenvalue weighted by Gasteiger charge is 2.08. The number of allylic oxidation sites excluding steroid dienone is 1. The minimum Gasteiger partial charge on any atom is -0.304 e. The van der Waals surface area contributed by atoms with Gasteiger partial charge in [0.15, 0.2) is 4.34 Å². The molecule has 0 aliphatic carbocycles. The Morgan fingerprint density at radius 2 is 2.24 bits per heavy atom. The van der Waals surface area contributed by atoms with E-state index in [9.17, 15) is 4.79 Å². The van der Waals surface area contributed by atoms with Gasteiger partial charge in [0.05, 0.1) is 16.0 Å². The fraction of sp³-hybridized carbons (Fsp3) is 0.125. The highest BCUT2D eigenvalue weighted by Crippen LogP contribution is 2.28. The van der Waals surface area contributed by atoms with Crippen LogP contribution >= 0.6 is 34.4 Å². The Hall–Kier alpha value is -2.41. The first kappa shape index (κ1) is 17.4. The van der Waals surface area contributed by atoms with Gasteiger partial charge in [-0.1, -0.05) is 23.9 Å². The molecule has 1 amide bonds. The second-order valence-electron chi connectivity index (χ2n) is 4.89. The number of carbonyl (C=O) groups excluding carboxylic acids is 1. The quantitative estimate of drug-likeness (QED) is 0.383. The molecule has 0 atom stereocenters. The number of fused-ring (bicyclic) bond motifs is 1. The van der Waals surface area contributed by atoms with Crippen LogP contribution in [0.2, 0.25) is 0 Å². The van der Waals surface area contributed by atoms with Crippen molar-refractivity contribution in [2.24, 2.45) is 0 Å². The summed E-state index contributed by atoms with van der Waals surface area (Å²) in [5, 5.41) is 11.6. The van der Waals surface area contributed by atoms with E-state index in [2.05, 4.69) is 26.9 Å². The van der Waals surface area contributed by atoms with Crippen molar-refractivity contribution >= 4 is 56.1 Å². The average molecular weight is 388 g/mol. The van der Waals surface area contributed by atoms with E-state index in [1.807, 2.05) is 36.6 Å². The Bertz CT molecular complexity index is 936. The molecule has 3 aromatic rings. The summed E-state index contributed by atoms with van der Waals surface area (Å²) in [4.78, 5) is 20.6. The third-order valence-corrected chi connectivity index (χ3v) is 6.17. The maximum absolute atomic E-state index is 11.9. The molecule has 1 aromatic carbocycles. The largest absolute Gasteiger partial charge is 0.304 e. The highest BCUT2D eigenvalue weighted by atomic mass is 32.2. The van der Waals surface area contributed by atoms with Crippen LogP contribution in [0.1, 0.15) is 10.7 Å². The summed E-state index contributed by atoms with van der Waals surface area (Å²) in [6.45, 7) is 1.86. The maximum atomic E-state index is 11.9. The van der Waals surface area contributed by atoms with Gasteiger partial charge < -0.3 is 5.43 Å². The fourth-order valence-corrected chi connectivity index (χ4v) is 4.52. The molecule has 0 spiro atoms. The van der Waals surface area contributed by atoms with Gasteiger partial charge in [-0.2, -0.15) is 5.26 Å². The molecule has 0 aliphatic rings. The number of rotatable bonds is 6. The van der Waals surface area contributed by atoms with Crippen molar-refractivity contribution in [3.63, 3.8) is 0 Å². The minimum atomic E-state index is -0.201. The zero-order chi connectivity index (χ0) is 17.6. The molecule has 25 heavy (non-hydrogen) atoms. The van der Waals surface area contributed by atoms with E-state index >= 15 is 0 Å². The lowest BCUT2D eigenvalue weighted by Crippen LogP contribution is -2.35. The zero-order valence-electron chi connectivity index (χ0n) is 13.1. The van der Waals surface area contributed by atoms with E-state index in [0.29, 0.717) is 10.6 Å². The van der Waals surface area contributed by atoms with Crippen LogP contribution in [0.4, 0.5) is 0 Å². The summed E-state index contributed by atoms with van der Waals surface area (Å²) in [6, 6.07) is 9.93. The van der Waals surface area contributed by atoms with Crippen molar-refractivity contribution in [3.8, 4) is 6.07 Å². The molecule has 3 rings (SSSR count). The third-order valence-electron chi connectivity index (χ3n) is 3.00. The Labute approximate surface area is 156 Å². The molecule has 0 saturated heterocycles. The fourth-order valence-electron chi connectivity index (χ4n) is 1.88. The molecular weight excluding hydrogens is 374 g/mol. The minimum absolute atomic E-state index is 0.201. The second kappa shape index (κ2) is 8.11. The number of nitrogens with one attached hydrogen (secondary N) is 2. The summed E-state index contributed by atoms with van der Waals surface area (Å²) < 4.78 is 1.95. The molecule has 2 heterocycles. The molecule has 0 bridgehead atoms. The van der Waals surface area contributed by atoms with Gasteiger partial charge in [-0.05, 0) is 19.1 Å². The zero-order valence-corrected chi connectivity index (χ0v) is 15.6.